The van der Waals surface area contributed by atoms with Gasteiger partial charge in [-0.05, 0) is 56.3 Å². The molecule has 5 rings (SSSR count). The highest BCUT2D eigenvalue weighted by Gasteiger charge is 2.30. The number of carbonyl (C=O) groups excluding carboxylic acids is 2. The molecular weight excluding hydrogens is 454 g/mol. The molecule has 1 aromatic heterocycles. The first-order valence-corrected chi connectivity index (χ1v) is 11.4. The van der Waals surface area contributed by atoms with Crippen LogP contribution in [0.5, 0.6) is 0 Å². The number of nitrogens with zero attached hydrogens (tertiary/aromatic N) is 2. The van der Waals surface area contributed by atoms with Crippen LogP contribution in [0.1, 0.15) is 40.3 Å². The molecule has 3 aromatic rings. The number of hydrogen-bond acceptors (Lipinski definition) is 5. The maximum absolute atomic E-state index is 14.4. The molecule has 180 valence electrons. The van der Waals surface area contributed by atoms with Crippen LogP contribution in [0.3, 0.4) is 0 Å². The number of anilines is 2. The van der Waals surface area contributed by atoms with Crippen molar-refractivity contribution >= 4 is 23.2 Å². The molecule has 2 atom stereocenters. The van der Waals surface area contributed by atoms with Crippen LogP contribution in [-0.4, -0.2) is 47.0 Å². The van der Waals surface area contributed by atoms with Crippen molar-refractivity contribution in [3.8, 4) is 11.3 Å². The standard InChI is InChI=1S/C26H24F2N4O3/c1-14-12-35-13-15(2)32(14)26(34)16-6-8-17(9-7-16)30-21-10-20(23-18(27)4-3-5-19(23)28)31-22-11-29-25(33)24(21)22/h3-10,14-15H,11-13H2,1-2H3,(H,29,33)(H,30,31)/t14-,15-/m1/s1. The van der Waals surface area contributed by atoms with Gasteiger partial charge in [0, 0.05) is 11.3 Å². The van der Waals surface area contributed by atoms with Gasteiger partial charge in [0.05, 0.1) is 60.0 Å². The van der Waals surface area contributed by atoms with E-state index in [0.29, 0.717) is 41.4 Å². The van der Waals surface area contributed by atoms with E-state index in [0.717, 1.165) is 12.1 Å². The molecule has 1 saturated heterocycles. The average Bonchev–Trinajstić information content (AvgIpc) is 3.20. The van der Waals surface area contributed by atoms with Crippen LogP contribution in [-0.2, 0) is 11.3 Å². The molecule has 3 heterocycles. The average molecular weight is 478 g/mol. The minimum atomic E-state index is -0.741. The number of pyridine rings is 1. The Labute approximate surface area is 201 Å². The van der Waals surface area contributed by atoms with Gasteiger partial charge in [-0.15, -0.1) is 0 Å². The lowest BCUT2D eigenvalue weighted by Crippen LogP contribution is -2.52. The van der Waals surface area contributed by atoms with Crippen molar-refractivity contribution in [1.82, 2.24) is 15.2 Å². The predicted molar refractivity (Wildman–Crippen MR) is 126 cm³/mol. The molecule has 0 aliphatic carbocycles. The van der Waals surface area contributed by atoms with Crippen LogP contribution in [0, 0.1) is 11.6 Å². The summed E-state index contributed by atoms with van der Waals surface area (Å²) in [4.78, 5) is 31.7. The predicted octanol–water partition coefficient (Wildman–Crippen LogP) is 4.26. The fraction of sp³-hybridized carbons (Fsp3) is 0.269. The zero-order valence-corrected chi connectivity index (χ0v) is 19.3. The van der Waals surface area contributed by atoms with Gasteiger partial charge in [0.1, 0.15) is 11.6 Å². The Morgan fingerprint density at radius 1 is 1.06 bits per heavy atom. The maximum atomic E-state index is 14.4. The molecule has 0 spiro atoms. The Balaban J connectivity index is 1.46. The summed E-state index contributed by atoms with van der Waals surface area (Å²) >= 11 is 0. The fourth-order valence-corrected chi connectivity index (χ4v) is 4.61. The van der Waals surface area contributed by atoms with E-state index in [9.17, 15) is 18.4 Å². The van der Waals surface area contributed by atoms with Crippen LogP contribution in [0.15, 0.2) is 48.5 Å². The molecule has 1 fully saturated rings. The van der Waals surface area contributed by atoms with Crippen molar-refractivity contribution in [3.63, 3.8) is 0 Å². The summed E-state index contributed by atoms with van der Waals surface area (Å²) in [6, 6.07) is 11.9. The van der Waals surface area contributed by atoms with E-state index < -0.39 is 11.6 Å². The molecule has 2 aromatic carbocycles. The summed E-state index contributed by atoms with van der Waals surface area (Å²) < 4.78 is 34.4. The molecule has 2 aliphatic rings. The third-order valence-corrected chi connectivity index (χ3v) is 6.27. The number of morpholine rings is 1. The summed E-state index contributed by atoms with van der Waals surface area (Å²) in [6.45, 7) is 5.06. The molecule has 7 nitrogen and oxygen atoms in total. The normalized spacial score (nSPS) is 19.3. The highest BCUT2D eigenvalue weighted by atomic mass is 19.1. The van der Waals surface area contributed by atoms with E-state index in [1.165, 1.54) is 12.1 Å². The number of ether oxygens (including phenoxy) is 1. The third-order valence-electron chi connectivity index (χ3n) is 6.27. The minimum Gasteiger partial charge on any atom is -0.377 e. The van der Waals surface area contributed by atoms with Crippen molar-refractivity contribution in [2.75, 3.05) is 18.5 Å². The van der Waals surface area contributed by atoms with Crippen LogP contribution in [0.2, 0.25) is 0 Å². The summed E-state index contributed by atoms with van der Waals surface area (Å²) in [6.07, 6.45) is 0. The Bertz CT molecular complexity index is 1280. The molecule has 0 saturated carbocycles. The van der Waals surface area contributed by atoms with Gasteiger partial charge in [-0.3, -0.25) is 9.59 Å². The van der Waals surface area contributed by atoms with E-state index in [-0.39, 0.29) is 41.7 Å². The molecule has 0 unspecified atom stereocenters. The fourth-order valence-electron chi connectivity index (χ4n) is 4.61. The lowest BCUT2D eigenvalue weighted by Gasteiger charge is -2.38. The second-order valence-corrected chi connectivity index (χ2v) is 8.81. The monoisotopic (exact) mass is 478 g/mol. The molecular formula is C26H24F2N4O3. The van der Waals surface area contributed by atoms with Crippen molar-refractivity contribution < 1.29 is 23.1 Å². The van der Waals surface area contributed by atoms with E-state index in [1.807, 2.05) is 18.7 Å². The zero-order valence-electron chi connectivity index (χ0n) is 19.3. The quantitative estimate of drug-likeness (QED) is 0.586. The number of benzene rings is 2. The number of halogens is 2. The van der Waals surface area contributed by atoms with Crippen LogP contribution < -0.4 is 10.6 Å². The van der Waals surface area contributed by atoms with E-state index >= 15 is 0 Å². The molecule has 9 heteroatoms. The van der Waals surface area contributed by atoms with Gasteiger partial charge in [0.25, 0.3) is 11.8 Å². The van der Waals surface area contributed by atoms with Crippen LogP contribution in [0.25, 0.3) is 11.3 Å². The first-order chi connectivity index (χ1) is 16.8. The first-order valence-electron chi connectivity index (χ1n) is 11.4. The lowest BCUT2D eigenvalue weighted by atomic mass is 10.1. The van der Waals surface area contributed by atoms with Crippen molar-refractivity contribution in [1.29, 1.82) is 0 Å². The van der Waals surface area contributed by atoms with Gasteiger partial charge in [-0.25, -0.2) is 13.8 Å². The Morgan fingerprint density at radius 2 is 1.71 bits per heavy atom. The van der Waals surface area contributed by atoms with Crippen molar-refractivity contribution in [3.05, 3.63) is 77.0 Å². The summed E-state index contributed by atoms with van der Waals surface area (Å²) in [7, 11) is 0. The van der Waals surface area contributed by atoms with E-state index in [4.69, 9.17) is 4.74 Å². The van der Waals surface area contributed by atoms with Gasteiger partial charge in [-0.1, -0.05) is 6.07 Å². The van der Waals surface area contributed by atoms with Crippen molar-refractivity contribution in [2.45, 2.75) is 32.5 Å². The van der Waals surface area contributed by atoms with Gasteiger partial charge in [0.2, 0.25) is 0 Å². The van der Waals surface area contributed by atoms with Crippen LogP contribution >= 0.6 is 0 Å². The molecule has 2 N–H and O–H groups in total. The summed E-state index contributed by atoms with van der Waals surface area (Å²) in [5.74, 6) is -1.88. The molecule has 0 radical (unpaired) electrons. The van der Waals surface area contributed by atoms with E-state index in [2.05, 4.69) is 15.6 Å². The Kier molecular flexibility index (Phi) is 5.94. The minimum absolute atomic E-state index is 0.0285. The molecule has 35 heavy (non-hydrogen) atoms. The number of aromatic nitrogens is 1. The zero-order chi connectivity index (χ0) is 24.7. The van der Waals surface area contributed by atoms with Gasteiger partial charge in [-0.2, -0.15) is 0 Å². The van der Waals surface area contributed by atoms with Crippen molar-refractivity contribution in [2.24, 2.45) is 0 Å². The van der Waals surface area contributed by atoms with Gasteiger partial charge < -0.3 is 20.3 Å². The number of rotatable bonds is 4. The largest absolute Gasteiger partial charge is 0.377 e. The number of hydrogen-bond donors (Lipinski definition) is 2. The second-order valence-electron chi connectivity index (χ2n) is 8.81. The highest BCUT2D eigenvalue weighted by molar-refractivity contribution is 6.04. The first kappa shape index (κ1) is 22.9. The molecule has 0 bridgehead atoms. The van der Waals surface area contributed by atoms with Crippen LogP contribution in [0.4, 0.5) is 20.2 Å². The smallest absolute Gasteiger partial charge is 0.255 e. The van der Waals surface area contributed by atoms with Gasteiger partial charge in [0.15, 0.2) is 0 Å². The molecule has 2 aliphatic heterocycles. The number of carbonyl (C=O) groups is 2. The number of fused-ring (bicyclic) bond motifs is 1. The van der Waals surface area contributed by atoms with E-state index in [1.54, 1.807) is 24.3 Å². The summed E-state index contributed by atoms with van der Waals surface area (Å²) in [5, 5.41) is 5.85. The SMILES string of the molecule is C[C@@H]1COC[C@@H](C)N1C(=O)c1ccc(Nc2cc(-c3c(F)cccc3F)nc3c2C(=O)NC3)cc1. The summed E-state index contributed by atoms with van der Waals surface area (Å²) in [5.41, 5.74) is 2.06. The highest BCUT2D eigenvalue weighted by Crippen LogP contribution is 2.33. The Hall–Kier alpha value is -3.85. The number of amides is 2. The Morgan fingerprint density at radius 3 is 2.37 bits per heavy atom. The lowest BCUT2D eigenvalue weighted by molar-refractivity contribution is -0.0249. The maximum Gasteiger partial charge on any atom is 0.255 e. The molecule has 2 amide bonds. The van der Waals surface area contributed by atoms with Gasteiger partial charge >= 0.3 is 0 Å². The third kappa shape index (κ3) is 4.23. The second kappa shape index (κ2) is 9.07. The number of nitrogens with one attached hydrogen (secondary N) is 2. The topological polar surface area (TPSA) is 83.6 Å².